The van der Waals surface area contributed by atoms with Crippen molar-refractivity contribution in [3.8, 4) is 0 Å². The van der Waals surface area contributed by atoms with Gasteiger partial charge in [-0.2, -0.15) is 0 Å². The molecule has 1 aromatic heterocycles. The number of nitrogens with zero attached hydrogens (tertiary/aromatic N) is 1. The van der Waals surface area contributed by atoms with Gasteiger partial charge in [0, 0.05) is 0 Å². The number of fused-ring (bicyclic) bond motifs is 1. The van der Waals surface area contributed by atoms with Crippen LogP contribution in [0.1, 0.15) is 6.42 Å². The summed E-state index contributed by atoms with van der Waals surface area (Å²) in [6.45, 7) is 0. The molecular weight excluding hydrogens is 284 g/mol. The van der Waals surface area contributed by atoms with Crippen molar-refractivity contribution in [2.75, 3.05) is 16.8 Å². The van der Waals surface area contributed by atoms with Crippen LogP contribution in [-0.2, 0) is 14.6 Å². The van der Waals surface area contributed by atoms with Gasteiger partial charge in [-0.1, -0.05) is 23.5 Å². The average Bonchev–Trinajstić information content (AvgIpc) is 2.91. The van der Waals surface area contributed by atoms with Crippen LogP contribution in [0.5, 0.6) is 0 Å². The number of thiazole rings is 1. The van der Waals surface area contributed by atoms with Gasteiger partial charge in [0.2, 0.25) is 5.91 Å². The molecule has 1 aliphatic heterocycles. The van der Waals surface area contributed by atoms with Crippen LogP contribution in [0.3, 0.4) is 0 Å². The highest BCUT2D eigenvalue weighted by atomic mass is 32.2. The Morgan fingerprint density at radius 2 is 2.16 bits per heavy atom. The number of rotatable bonds is 2. The molecule has 19 heavy (non-hydrogen) atoms. The summed E-state index contributed by atoms with van der Waals surface area (Å²) >= 11 is 1.39. The first-order chi connectivity index (χ1) is 9.03. The van der Waals surface area contributed by atoms with Crippen molar-refractivity contribution in [1.29, 1.82) is 0 Å². The SMILES string of the molecule is O=C(Nc1nc2ccccc2s1)[C@H]1CCS(=O)(=O)C1. The lowest BCUT2D eigenvalue weighted by Gasteiger charge is -2.05. The van der Waals surface area contributed by atoms with Crippen LogP contribution >= 0.6 is 11.3 Å². The van der Waals surface area contributed by atoms with E-state index in [1.807, 2.05) is 24.3 Å². The molecule has 0 aliphatic carbocycles. The third-order valence-corrected chi connectivity index (χ3v) is 5.85. The molecule has 0 spiro atoms. The van der Waals surface area contributed by atoms with E-state index in [1.165, 1.54) is 11.3 Å². The minimum Gasteiger partial charge on any atom is -0.302 e. The van der Waals surface area contributed by atoms with E-state index in [1.54, 1.807) is 0 Å². The molecule has 1 N–H and O–H groups in total. The van der Waals surface area contributed by atoms with Crippen LogP contribution in [0.2, 0.25) is 0 Å². The molecule has 0 radical (unpaired) electrons. The number of amides is 1. The predicted octanol–water partition coefficient (Wildman–Crippen LogP) is 1.67. The van der Waals surface area contributed by atoms with Gasteiger partial charge in [0.05, 0.1) is 27.6 Å². The lowest BCUT2D eigenvalue weighted by Crippen LogP contribution is -2.23. The molecule has 1 amide bonds. The van der Waals surface area contributed by atoms with Crippen LogP contribution in [-0.4, -0.2) is 30.8 Å². The Kier molecular flexibility index (Phi) is 3.02. The summed E-state index contributed by atoms with van der Waals surface area (Å²) in [6, 6.07) is 7.61. The molecule has 3 rings (SSSR count). The Bertz CT molecular complexity index is 703. The van der Waals surface area contributed by atoms with E-state index >= 15 is 0 Å². The van der Waals surface area contributed by atoms with Crippen LogP contribution in [0, 0.1) is 5.92 Å². The zero-order valence-corrected chi connectivity index (χ0v) is 11.6. The number of carbonyl (C=O) groups is 1. The molecule has 1 saturated heterocycles. The number of aromatic nitrogens is 1. The van der Waals surface area contributed by atoms with Crippen LogP contribution in [0.25, 0.3) is 10.2 Å². The van der Waals surface area contributed by atoms with E-state index in [4.69, 9.17) is 0 Å². The molecule has 1 atom stereocenters. The highest BCUT2D eigenvalue weighted by Crippen LogP contribution is 2.27. The van der Waals surface area contributed by atoms with Gasteiger partial charge < -0.3 is 5.32 Å². The number of anilines is 1. The number of hydrogen-bond acceptors (Lipinski definition) is 5. The van der Waals surface area contributed by atoms with E-state index < -0.39 is 15.8 Å². The third kappa shape index (κ3) is 2.62. The monoisotopic (exact) mass is 296 g/mol. The molecule has 100 valence electrons. The van der Waals surface area contributed by atoms with Crippen molar-refractivity contribution in [2.24, 2.45) is 5.92 Å². The molecule has 0 unspecified atom stereocenters. The van der Waals surface area contributed by atoms with Gasteiger partial charge in [-0.05, 0) is 18.6 Å². The largest absolute Gasteiger partial charge is 0.302 e. The fourth-order valence-corrected chi connectivity index (χ4v) is 4.75. The van der Waals surface area contributed by atoms with Gasteiger partial charge in [0.25, 0.3) is 0 Å². The van der Waals surface area contributed by atoms with Crippen LogP contribution < -0.4 is 5.32 Å². The molecule has 0 bridgehead atoms. The van der Waals surface area contributed by atoms with E-state index in [2.05, 4.69) is 10.3 Å². The van der Waals surface area contributed by atoms with Crippen molar-refractivity contribution in [3.63, 3.8) is 0 Å². The van der Waals surface area contributed by atoms with Crippen molar-refractivity contribution >= 4 is 42.4 Å². The van der Waals surface area contributed by atoms with Gasteiger partial charge in [-0.25, -0.2) is 13.4 Å². The first kappa shape index (κ1) is 12.6. The molecule has 0 saturated carbocycles. The number of hydrogen-bond donors (Lipinski definition) is 1. The number of sulfone groups is 1. The first-order valence-corrected chi connectivity index (χ1v) is 8.54. The molecular formula is C12H12N2O3S2. The van der Waals surface area contributed by atoms with Crippen molar-refractivity contribution < 1.29 is 13.2 Å². The Morgan fingerprint density at radius 3 is 2.84 bits per heavy atom. The lowest BCUT2D eigenvalue weighted by molar-refractivity contribution is -0.119. The zero-order chi connectivity index (χ0) is 13.5. The highest BCUT2D eigenvalue weighted by Gasteiger charge is 2.33. The first-order valence-electron chi connectivity index (χ1n) is 5.90. The lowest BCUT2D eigenvalue weighted by atomic mass is 10.1. The maximum absolute atomic E-state index is 12.0. The Labute approximate surface area is 114 Å². The fourth-order valence-electron chi connectivity index (χ4n) is 2.13. The van der Waals surface area contributed by atoms with Crippen LogP contribution in [0.15, 0.2) is 24.3 Å². The topological polar surface area (TPSA) is 76.1 Å². The molecule has 1 fully saturated rings. The minimum absolute atomic E-state index is 0.0519. The normalized spacial score (nSPS) is 21.6. The molecule has 1 aromatic carbocycles. The van der Waals surface area contributed by atoms with E-state index in [-0.39, 0.29) is 17.4 Å². The number of benzene rings is 1. The fraction of sp³-hybridized carbons (Fsp3) is 0.333. The summed E-state index contributed by atoms with van der Waals surface area (Å²) in [5.41, 5.74) is 0.835. The molecule has 2 heterocycles. The van der Waals surface area contributed by atoms with Gasteiger partial charge in [0.15, 0.2) is 15.0 Å². The smallest absolute Gasteiger partial charge is 0.230 e. The van der Waals surface area contributed by atoms with Gasteiger partial charge in [0.1, 0.15) is 0 Å². The van der Waals surface area contributed by atoms with Gasteiger partial charge in [-0.3, -0.25) is 4.79 Å². The second-order valence-electron chi connectivity index (χ2n) is 4.58. The highest BCUT2D eigenvalue weighted by molar-refractivity contribution is 7.91. The third-order valence-electron chi connectivity index (χ3n) is 3.13. The summed E-state index contributed by atoms with van der Waals surface area (Å²) in [4.78, 5) is 16.3. The summed E-state index contributed by atoms with van der Waals surface area (Å²) in [7, 11) is -3.04. The Hall–Kier alpha value is -1.47. The Morgan fingerprint density at radius 1 is 1.37 bits per heavy atom. The van der Waals surface area contributed by atoms with Gasteiger partial charge in [-0.15, -0.1) is 0 Å². The van der Waals surface area contributed by atoms with Crippen molar-refractivity contribution in [3.05, 3.63) is 24.3 Å². The Balaban J connectivity index is 1.76. The predicted molar refractivity (Wildman–Crippen MR) is 75.0 cm³/mol. The standard InChI is InChI=1S/C12H12N2O3S2/c15-11(8-5-6-19(16,17)7-8)14-12-13-9-3-1-2-4-10(9)18-12/h1-4,8H,5-7H2,(H,13,14,15)/t8-/m0/s1. The van der Waals surface area contributed by atoms with E-state index in [0.717, 1.165) is 10.2 Å². The minimum atomic E-state index is -3.04. The summed E-state index contributed by atoms with van der Waals surface area (Å²) in [5, 5.41) is 3.24. The molecule has 5 nitrogen and oxygen atoms in total. The summed E-state index contributed by atoms with van der Waals surface area (Å²) in [6.07, 6.45) is 0.402. The maximum Gasteiger partial charge on any atom is 0.230 e. The van der Waals surface area contributed by atoms with E-state index in [9.17, 15) is 13.2 Å². The van der Waals surface area contributed by atoms with Crippen molar-refractivity contribution in [2.45, 2.75) is 6.42 Å². The quantitative estimate of drug-likeness (QED) is 0.914. The average molecular weight is 296 g/mol. The number of carbonyl (C=O) groups excluding carboxylic acids is 1. The molecule has 2 aromatic rings. The second-order valence-corrected chi connectivity index (χ2v) is 7.84. The maximum atomic E-state index is 12.0. The summed E-state index contributed by atoms with van der Waals surface area (Å²) < 4.78 is 23.7. The van der Waals surface area contributed by atoms with E-state index in [0.29, 0.717) is 11.6 Å². The molecule has 7 heteroatoms. The van der Waals surface area contributed by atoms with Crippen LogP contribution in [0.4, 0.5) is 5.13 Å². The second kappa shape index (κ2) is 4.57. The number of nitrogens with one attached hydrogen (secondary N) is 1. The van der Waals surface area contributed by atoms with Crippen molar-refractivity contribution in [1.82, 2.24) is 4.98 Å². The zero-order valence-electron chi connectivity index (χ0n) is 10.00. The summed E-state index contributed by atoms with van der Waals surface area (Å²) in [5.74, 6) is -0.647. The van der Waals surface area contributed by atoms with Gasteiger partial charge >= 0.3 is 0 Å². The number of para-hydroxylation sites is 1. The molecule has 1 aliphatic rings.